The van der Waals surface area contributed by atoms with Gasteiger partial charge in [-0.25, -0.2) is 4.39 Å². The van der Waals surface area contributed by atoms with Crippen molar-refractivity contribution in [2.45, 2.75) is 31.7 Å². The molecule has 0 aromatic heterocycles. The topological polar surface area (TPSA) is 63.4 Å². The first-order chi connectivity index (χ1) is 9.49. The Bertz CT molecular complexity index is 536. The summed E-state index contributed by atoms with van der Waals surface area (Å²) in [5.74, 6) is -1.14. The molecule has 1 aromatic carbocycles. The lowest BCUT2D eigenvalue weighted by Crippen LogP contribution is -2.45. The van der Waals surface area contributed by atoms with Crippen LogP contribution in [-0.4, -0.2) is 29.3 Å². The SMILES string of the molecule is NC(=O)CC1CCCCN1C(=O)c1cc(F)ccc1Br. The van der Waals surface area contributed by atoms with E-state index in [1.807, 2.05) is 0 Å². The minimum atomic E-state index is -0.458. The van der Waals surface area contributed by atoms with Crippen molar-refractivity contribution in [1.29, 1.82) is 0 Å². The summed E-state index contributed by atoms with van der Waals surface area (Å²) >= 11 is 3.26. The Labute approximate surface area is 125 Å². The molecular formula is C14H16BrFN2O2. The van der Waals surface area contributed by atoms with Gasteiger partial charge in [-0.1, -0.05) is 0 Å². The van der Waals surface area contributed by atoms with Gasteiger partial charge in [-0.2, -0.15) is 0 Å². The Morgan fingerprint density at radius 1 is 1.40 bits per heavy atom. The van der Waals surface area contributed by atoms with E-state index in [2.05, 4.69) is 15.9 Å². The van der Waals surface area contributed by atoms with Gasteiger partial charge < -0.3 is 10.6 Å². The maximum Gasteiger partial charge on any atom is 0.255 e. The third kappa shape index (κ3) is 3.36. The van der Waals surface area contributed by atoms with E-state index < -0.39 is 11.7 Å². The number of piperidine rings is 1. The van der Waals surface area contributed by atoms with Gasteiger partial charge in [0.15, 0.2) is 0 Å². The summed E-state index contributed by atoms with van der Waals surface area (Å²) in [6.45, 7) is 0.569. The molecule has 4 nitrogen and oxygen atoms in total. The standard InChI is InChI=1S/C14H16BrFN2O2/c15-12-5-4-9(16)7-11(12)14(20)18-6-2-1-3-10(18)8-13(17)19/h4-5,7,10H,1-3,6,8H2,(H2,17,19). The van der Waals surface area contributed by atoms with Crippen LogP contribution in [0.2, 0.25) is 0 Å². The number of carbonyl (C=O) groups is 2. The normalized spacial score (nSPS) is 18.9. The Hall–Kier alpha value is -1.43. The van der Waals surface area contributed by atoms with Crippen molar-refractivity contribution in [3.63, 3.8) is 0 Å². The zero-order valence-electron chi connectivity index (χ0n) is 10.9. The quantitative estimate of drug-likeness (QED) is 0.916. The van der Waals surface area contributed by atoms with Crippen molar-refractivity contribution in [3.05, 3.63) is 34.1 Å². The number of primary amides is 1. The van der Waals surface area contributed by atoms with Gasteiger partial charge in [-0.3, -0.25) is 9.59 Å². The second kappa shape index (κ2) is 6.35. The van der Waals surface area contributed by atoms with Crippen LogP contribution in [0.5, 0.6) is 0 Å². The second-order valence-corrected chi connectivity index (χ2v) is 5.80. The maximum absolute atomic E-state index is 13.3. The van der Waals surface area contributed by atoms with E-state index in [1.54, 1.807) is 4.90 Å². The first-order valence-corrected chi connectivity index (χ1v) is 7.32. The molecule has 1 unspecified atom stereocenters. The van der Waals surface area contributed by atoms with Crippen LogP contribution in [-0.2, 0) is 4.79 Å². The predicted molar refractivity (Wildman–Crippen MR) is 76.6 cm³/mol. The molecule has 1 aliphatic rings. The number of hydrogen-bond donors (Lipinski definition) is 1. The molecule has 0 aliphatic carbocycles. The summed E-state index contributed by atoms with van der Waals surface area (Å²) in [5, 5.41) is 0. The number of halogens is 2. The molecule has 2 amide bonds. The zero-order valence-corrected chi connectivity index (χ0v) is 12.5. The summed E-state index contributed by atoms with van der Waals surface area (Å²) in [5.41, 5.74) is 5.51. The lowest BCUT2D eigenvalue weighted by Gasteiger charge is -2.35. The van der Waals surface area contributed by atoms with Gasteiger partial charge in [0.2, 0.25) is 5.91 Å². The van der Waals surface area contributed by atoms with Gasteiger partial charge in [0, 0.05) is 23.5 Å². The summed E-state index contributed by atoms with van der Waals surface area (Å²) in [6.07, 6.45) is 2.75. The van der Waals surface area contributed by atoms with E-state index in [0.717, 1.165) is 19.3 Å². The highest BCUT2D eigenvalue weighted by Gasteiger charge is 2.29. The average molecular weight is 343 g/mol. The number of nitrogens with two attached hydrogens (primary N) is 1. The second-order valence-electron chi connectivity index (χ2n) is 4.94. The van der Waals surface area contributed by atoms with Crippen molar-refractivity contribution in [2.75, 3.05) is 6.54 Å². The fraction of sp³-hybridized carbons (Fsp3) is 0.429. The molecule has 1 aromatic rings. The molecule has 1 heterocycles. The molecule has 0 bridgehead atoms. The highest BCUT2D eigenvalue weighted by Crippen LogP contribution is 2.25. The van der Waals surface area contributed by atoms with Crippen LogP contribution >= 0.6 is 15.9 Å². The largest absolute Gasteiger partial charge is 0.370 e. The Morgan fingerprint density at radius 2 is 2.15 bits per heavy atom. The summed E-state index contributed by atoms with van der Waals surface area (Å²) in [4.78, 5) is 25.3. The summed E-state index contributed by atoms with van der Waals surface area (Å²) in [7, 11) is 0. The minimum absolute atomic E-state index is 0.151. The molecule has 1 fully saturated rings. The van der Waals surface area contributed by atoms with Crippen LogP contribution < -0.4 is 5.73 Å². The molecule has 0 spiro atoms. The van der Waals surface area contributed by atoms with Gasteiger partial charge in [-0.15, -0.1) is 0 Å². The van der Waals surface area contributed by atoms with Crippen LogP contribution in [0.3, 0.4) is 0 Å². The molecule has 1 aliphatic heterocycles. The molecule has 0 radical (unpaired) electrons. The Balaban J connectivity index is 2.25. The van der Waals surface area contributed by atoms with Gasteiger partial charge >= 0.3 is 0 Å². The third-order valence-electron chi connectivity index (χ3n) is 3.48. The summed E-state index contributed by atoms with van der Waals surface area (Å²) < 4.78 is 13.9. The number of nitrogens with zero attached hydrogens (tertiary/aromatic N) is 1. The van der Waals surface area contributed by atoms with Crippen LogP contribution in [0.1, 0.15) is 36.0 Å². The fourth-order valence-electron chi connectivity index (χ4n) is 2.53. The van der Waals surface area contributed by atoms with Gasteiger partial charge in [0.25, 0.3) is 5.91 Å². The van der Waals surface area contributed by atoms with E-state index in [0.29, 0.717) is 11.0 Å². The van der Waals surface area contributed by atoms with E-state index in [1.165, 1.54) is 18.2 Å². The van der Waals surface area contributed by atoms with Crippen molar-refractivity contribution in [1.82, 2.24) is 4.90 Å². The number of carbonyl (C=O) groups excluding carboxylic acids is 2. The molecule has 6 heteroatoms. The third-order valence-corrected chi connectivity index (χ3v) is 4.18. The highest BCUT2D eigenvalue weighted by atomic mass is 79.9. The molecule has 2 N–H and O–H groups in total. The molecule has 0 saturated carbocycles. The van der Waals surface area contributed by atoms with E-state index in [-0.39, 0.29) is 23.9 Å². The fourth-order valence-corrected chi connectivity index (χ4v) is 2.94. The average Bonchev–Trinajstić information content (AvgIpc) is 2.41. The lowest BCUT2D eigenvalue weighted by atomic mass is 9.98. The zero-order chi connectivity index (χ0) is 14.7. The highest BCUT2D eigenvalue weighted by molar-refractivity contribution is 9.10. The molecule has 1 atom stereocenters. The Kier molecular flexibility index (Phi) is 4.75. The monoisotopic (exact) mass is 342 g/mol. The van der Waals surface area contributed by atoms with Gasteiger partial charge in [0.1, 0.15) is 5.82 Å². The predicted octanol–water partition coefficient (Wildman–Crippen LogP) is 2.46. The van der Waals surface area contributed by atoms with Crippen LogP contribution in [0.15, 0.2) is 22.7 Å². The van der Waals surface area contributed by atoms with Crippen molar-refractivity contribution >= 4 is 27.7 Å². The Morgan fingerprint density at radius 3 is 2.85 bits per heavy atom. The van der Waals surface area contributed by atoms with Crippen molar-refractivity contribution in [3.8, 4) is 0 Å². The number of benzene rings is 1. The number of likely N-dealkylation sites (tertiary alicyclic amines) is 1. The first-order valence-electron chi connectivity index (χ1n) is 6.53. The van der Waals surface area contributed by atoms with Crippen molar-refractivity contribution < 1.29 is 14.0 Å². The van der Waals surface area contributed by atoms with Crippen molar-refractivity contribution in [2.24, 2.45) is 5.73 Å². The smallest absolute Gasteiger partial charge is 0.255 e. The van der Waals surface area contributed by atoms with E-state index in [4.69, 9.17) is 5.73 Å². The van der Waals surface area contributed by atoms with Crippen LogP contribution in [0.25, 0.3) is 0 Å². The van der Waals surface area contributed by atoms with E-state index in [9.17, 15) is 14.0 Å². The summed E-state index contributed by atoms with van der Waals surface area (Å²) in [6, 6.07) is 3.82. The molecule has 1 saturated heterocycles. The van der Waals surface area contributed by atoms with Crippen LogP contribution in [0, 0.1) is 5.82 Å². The molecular weight excluding hydrogens is 327 g/mol. The molecule has 2 rings (SSSR count). The number of amides is 2. The maximum atomic E-state index is 13.3. The first kappa shape index (κ1) is 15.0. The number of rotatable bonds is 3. The molecule has 108 valence electrons. The minimum Gasteiger partial charge on any atom is -0.370 e. The van der Waals surface area contributed by atoms with E-state index >= 15 is 0 Å². The van der Waals surface area contributed by atoms with Crippen LogP contribution in [0.4, 0.5) is 4.39 Å². The lowest BCUT2D eigenvalue weighted by molar-refractivity contribution is -0.119. The van der Waals surface area contributed by atoms with Gasteiger partial charge in [0.05, 0.1) is 5.56 Å². The number of hydrogen-bond acceptors (Lipinski definition) is 2. The molecule has 20 heavy (non-hydrogen) atoms. The van der Waals surface area contributed by atoms with Gasteiger partial charge in [-0.05, 0) is 53.4 Å².